The predicted octanol–water partition coefficient (Wildman–Crippen LogP) is 2.49. The van der Waals surface area contributed by atoms with Gasteiger partial charge >= 0.3 is 0 Å². The van der Waals surface area contributed by atoms with E-state index in [4.69, 9.17) is 0 Å². The summed E-state index contributed by atoms with van der Waals surface area (Å²) in [6.07, 6.45) is 2.73. The first-order valence-corrected chi connectivity index (χ1v) is 6.22. The van der Waals surface area contributed by atoms with E-state index in [2.05, 4.69) is 47.9 Å². The molecule has 1 aliphatic rings. The SMILES string of the molecule is CCC1CCN(Cc2ccccc2)C1.CN. The van der Waals surface area contributed by atoms with Gasteiger partial charge in [-0.2, -0.15) is 0 Å². The molecule has 1 saturated heterocycles. The summed E-state index contributed by atoms with van der Waals surface area (Å²) in [5, 5.41) is 0. The van der Waals surface area contributed by atoms with Gasteiger partial charge in [0.1, 0.15) is 0 Å². The Morgan fingerprint density at radius 1 is 1.25 bits per heavy atom. The van der Waals surface area contributed by atoms with Gasteiger partial charge in [0.15, 0.2) is 0 Å². The summed E-state index contributed by atoms with van der Waals surface area (Å²) in [4.78, 5) is 2.57. The lowest BCUT2D eigenvalue weighted by Gasteiger charge is -2.15. The van der Waals surface area contributed by atoms with E-state index >= 15 is 0 Å². The zero-order valence-electron chi connectivity index (χ0n) is 10.5. The van der Waals surface area contributed by atoms with Crippen LogP contribution in [-0.2, 0) is 6.54 Å². The van der Waals surface area contributed by atoms with Crippen LogP contribution in [0.15, 0.2) is 30.3 Å². The molecule has 2 nitrogen and oxygen atoms in total. The molecule has 1 fully saturated rings. The number of hydrogen-bond acceptors (Lipinski definition) is 2. The normalized spacial score (nSPS) is 20.3. The Hall–Kier alpha value is -0.860. The molecule has 1 heterocycles. The second kappa shape index (κ2) is 7.42. The Kier molecular flexibility index (Phi) is 6.12. The van der Waals surface area contributed by atoms with Crippen molar-refractivity contribution < 1.29 is 0 Å². The van der Waals surface area contributed by atoms with Crippen molar-refractivity contribution in [2.24, 2.45) is 11.7 Å². The van der Waals surface area contributed by atoms with Gasteiger partial charge in [0, 0.05) is 13.1 Å². The lowest BCUT2D eigenvalue weighted by Crippen LogP contribution is -2.19. The first-order chi connectivity index (χ1) is 7.88. The van der Waals surface area contributed by atoms with Gasteiger partial charge in [-0.25, -0.2) is 0 Å². The second-order valence-corrected chi connectivity index (χ2v) is 4.28. The Morgan fingerprint density at radius 2 is 1.94 bits per heavy atom. The molecule has 0 spiro atoms. The lowest BCUT2D eigenvalue weighted by atomic mass is 10.1. The fraction of sp³-hybridized carbons (Fsp3) is 0.571. The van der Waals surface area contributed by atoms with Gasteiger partial charge in [-0.3, -0.25) is 4.90 Å². The predicted molar refractivity (Wildman–Crippen MR) is 70.2 cm³/mol. The Bertz CT molecular complexity index is 271. The van der Waals surface area contributed by atoms with E-state index in [0.29, 0.717) is 0 Å². The summed E-state index contributed by atoms with van der Waals surface area (Å²) in [7, 11) is 1.50. The maximum Gasteiger partial charge on any atom is 0.0233 e. The highest BCUT2D eigenvalue weighted by Crippen LogP contribution is 2.20. The maximum atomic E-state index is 4.50. The highest BCUT2D eigenvalue weighted by atomic mass is 15.1. The molecule has 0 bridgehead atoms. The summed E-state index contributed by atoms with van der Waals surface area (Å²) in [5.41, 5.74) is 5.95. The molecule has 2 rings (SSSR count). The fourth-order valence-corrected chi connectivity index (χ4v) is 2.23. The Morgan fingerprint density at radius 3 is 2.50 bits per heavy atom. The largest absolute Gasteiger partial charge is 0.333 e. The van der Waals surface area contributed by atoms with Crippen LogP contribution in [0.25, 0.3) is 0 Å². The van der Waals surface area contributed by atoms with Crippen LogP contribution in [0.5, 0.6) is 0 Å². The molecule has 90 valence electrons. The molecule has 0 amide bonds. The van der Waals surface area contributed by atoms with Crippen molar-refractivity contribution >= 4 is 0 Å². The third kappa shape index (κ3) is 3.95. The van der Waals surface area contributed by atoms with Crippen molar-refractivity contribution in [3.8, 4) is 0 Å². The molecule has 1 unspecified atom stereocenters. The van der Waals surface area contributed by atoms with Gasteiger partial charge in [0.05, 0.1) is 0 Å². The van der Waals surface area contributed by atoms with Crippen molar-refractivity contribution in [3.05, 3.63) is 35.9 Å². The zero-order valence-corrected chi connectivity index (χ0v) is 10.5. The molecule has 1 atom stereocenters. The van der Waals surface area contributed by atoms with Crippen LogP contribution in [0.1, 0.15) is 25.3 Å². The minimum absolute atomic E-state index is 0.943. The summed E-state index contributed by atoms with van der Waals surface area (Å²) in [6.45, 7) is 6.02. The summed E-state index contributed by atoms with van der Waals surface area (Å²) < 4.78 is 0. The van der Waals surface area contributed by atoms with Crippen molar-refractivity contribution in [1.82, 2.24) is 4.90 Å². The van der Waals surface area contributed by atoms with E-state index < -0.39 is 0 Å². The highest BCUT2D eigenvalue weighted by molar-refractivity contribution is 5.14. The number of rotatable bonds is 3. The van der Waals surface area contributed by atoms with Gasteiger partial charge in [-0.1, -0.05) is 43.7 Å². The van der Waals surface area contributed by atoms with Gasteiger partial charge in [-0.05, 0) is 31.5 Å². The molecule has 1 aliphatic heterocycles. The number of nitrogens with two attached hydrogens (primary N) is 1. The Labute approximate surface area is 99.5 Å². The fourth-order valence-electron chi connectivity index (χ4n) is 2.23. The van der Waals surface area contributed by atoms with E-state index in [9.17, 15) is 0 Å². The van der Waals surface area contributed by atoms with Crippen molar-refractivity contribution in [3.63, 3.8) is 0 Å². The minimum Gasteiger partial charge on any atom is -0.333 e. The molecule has 0 radical (unpaired) electrons. The smallest absolute Gasteiger partial charge is 0.0233 e. The summed E-state index contributed by atoms with van der Waals surface area (Å²) >= 11 is 0. The molecule has 0 aromatic heterocycles. The zero-order chi connectivity index (χ0) is 11.8. The quantitative estimate of drug-likeness (QED) is 0.848. The molecular weight excluding hydrogens is 196 g/mol. The topological polar surface area (TPSA) is 29.3 Å². The van der Waals surface area contributed by atoms with E-state index in [-0.39, 0.29) is 0 Å². The highest BCUT2D eigenvalue weighted by Gasteiger charge is 2.20. The average Bonchev–Trinajstić information content (AvgIpc) is 2.81. The maximum absolute atomic E-state index is 4.50. The monoisotopic (exact) mass is 220 g/mol. The number of hydrogen-bond donors (Lipinski definition) is 1. The van der Waals surface area contributed by atoms with Crippen LogP contribution < -0.4 is 5.73 Å². The number of benzene rings is 1. The molecule has 1 aromatic carbocycles. The molecule has 0 saturated carbocycles. The average molecular weight is 220 g/mol. The van der Waals surface area contributed by atoms with Crippen LogP contribution in [0, 0.1) is 5.92 Å². The van der Waals surface area contributed by atoms with E-state index in [1.165, 1.54) is 38.5 Å². The van der Waals surface area contributed by atoms with Crippen LogP contribution in [0.3, 0.4) is 0 Å². The van der Waals surface area contributed by atoms with Crippen molar-refractivity contribution in [2.75, 3.05) is 20.1 Å². The summed E-state index contributed by atoms with van der Waals surface area (Å²) in [5.74, 6) is 0.943. The molecule has 2 N–H and O–H groups in total. The first-order valence-electron chi connectivity index (χ1n) is 6.22. The van der Waals surface area contributed by atoms with E-state index in [0.717, 1.165) is 12.5 Å². The Balaban J connectivity index is 0.000000606. The van der Waals surface area contributed by atoms with Gasteiger partial charge in [0.2, 0.25) is 0 Å². The minimum atomic E-state index is 0.943. The third-order valence-electron chi connectivity index (χ3n) is 3.20. The lowest BCUT2D eigenvalue weighted by molar-refractivity contribution is 0.315. The van der Waals surface area contributed by atoms with Gasteiger partial charge in [-0.15, -0.1) is 0 Å². The summed E-state index contributed by atoms with van der Waals surface area (Å²) in [6, 6.07) is 10.8. The third-order valence-corrected chi connectivity index (χ3v) is 3.20. The van der Waals surface area contributed by atoms with Crippen LogP contribution in [0.4, 0.5) is 0 Å². The molecule has 0 aliphatic carbocycles. The molecule has 2 heteroatoms. The van der Waals surface area contributed by atoms with Gasteiger partial charge < -0.3 is 5.73 Å². The number of likely N-dealkylation sites (tertiary alicyclic amines) is 1. The first kappa shape index (κ1) is 13.2. The molecular formula is C14H24N2. The standard InChI is InChI=1S/C13H19N.CH5N/c1-2-12-8-9-14(10-12)11-13-6-4-3-5-7-13;1-2/h3-7,12H,2,8-11H2,1H3;2H2,1H3. The van der Waals surface area contributed by atoms with E-state index in [1.54, 1.807) is 0 Å². The van der Waals surface area contributed by atoms with Crippen LogP contribution in [-0.4, -0.2) is 25.0 Å². The van der Waals surface area contributed by atoms with E-state index in [1.807, 2.05) is 0 Å². The molecule has 16 heavy (non-hydrogen) atoms. The number of nitrogens with zero attached hydrogens (tertiary/aromatic N) is 1. The second-order valence-electron chi connectivity index (χ2n) is 4.28. The molecule has 1 aromatic rings. The van der Waals surface area contributed by atoms with Crippen LogP contribution >= 0.6 is 0 Å². The van der Waals surface area contributed by atoms with Gasteiger partial charge in [0.25, 0.3) is 0 Å². The van der Waals surface area contributed by atoms with Crippen molar-refractivity contribution in [1.29, 1.82) is 0 Å². The van der Waals surface area contributed by atoms with Crippen molar-refractivity contribution in [2.45, 2.75) is 26.3 Å². The van der Waals surface area contributed by atoms with Crippen LogP contribution in [0.2, 0.25) is 0 Å².